The largest absolute Gasteiger partial charge is 0.457 e. The van der Waals surface area contributed by atoms with Gasteiger partial charge in [0.1, 0.15) is 6.61 Å². The van der Waals surface area contributed by atoms with E-state index in [0.717, 1.165) is 16.0 Å². The lowest BCUT2D eigenvalue weighted by atomic mass is 10.1. The van der Waals surface area contributed by atoms with Crippen LogP contribution >= 0.6 is 11.9 Å². The van der Waals surface area contributed by atoms with E-state index in [1.165, 1.54) is 11.9 Å². The van der Waals surface area contributed by atoms with E-state index >= 15 is 0 Å². The van der Waals surface area contributed by atoms with Crippen LogP contribution < -0.4 is 4.72 Å². The van der Waals surface area contributed by atoms with Gasteiger partial charge in [-0.05, 0) is 35.7 Å². The monoisotopic (exact) mass is 283 g/mol. The van der Waals surface area contributed by atoms with E-state index in [1.54, 1.807) is 6.07 Å². The molecule has 3 rings (SSSR count). The molecule has 0 bridgehead atoms. The summed E-state index contributed by atoms with van der Waals surface area (Å²) in [5.41, 5.74) is 2.50. The molecule has 0 atom stereocenters. The molecular formula is C16H13NO2S. The van der Waals surface area contributed by atoms with Crippen molar-refractivity contribution in [1.82, 2.24) is 4.72 Å². The Labute approximate surface area is 121 Å². The molecule has 2 aromatic carbocycles. The van der Waals surface area contributed by atoms with Crippen molar-refractivity contribution in [2.75, 3.05) is 0 Å². The number of rotatable bonds is 3. The highest BCUT2D eigenvalue weighted by Crippen LogP contribution is 2.28. The lowest BCUT2D eigenvalue weighted by Crippen LogP contribution is -2.09. The lowest BCUT2D eigenvalue weighted by Gasteiger charge is -2.14. The highest BCUT2D eigenvalue weighted by Gasteiger charge is 2.16. The van der Waals surface area contributed by atoms with Gasteiger partial charge >= 0.3 is 5.97 Å². The van der Waals surface area contributed by atoms with Gasteiger partial charge in [0.2, 0.25) is 0 Å². The molecule has 3 nitrogen and oxygen atoms in total. The van der Waals surface area contributed by atoms with Crippen LogP contribution in [0.25, 0.3) is 6.08 Å². The van der Waals surface area contributed by atoms with Crippen molar-refractivity contribution in [3.05, 3.63) is 71.4 Å². The minimum absolute atomic E-state index is 0.290. The van der Waals surface area contributed by atoms with Crippen LogP contribution in [0.3, 0.4) is 0 Å². The van der Waals surface area contributed by atoms with E-state index in [2.05, 4.69) is 4.72 Å². The third-order valence-electron chi connectivity index (χ3n) is 2.99. The molecule has 0 saturated carbocycles. The normalized spacial score (nSPS) is 12.4. The fraction of sp³-hybridized carbons (Fsp3) is 0.0625. The second kappa shape index (κ2) is 5.84. The van der Waals surface area contributed by atoms with Gasteiger partial charge in [-0.15, -0.1) is 0 Å². The topological polar surface area (TPSA) is 38.3 Å². The van der Waals surface area contributed by atoms with Gasteiger partial charge in [0.25, 0.3) is 0 Å². The zero-order chi connectivity index (χ0) is 13.8. The lowest BCUT2D eigenvalue weighted by molar-refractivity contribution is 0.0472. The van der Waals surface area contributed by atoms with E-state index in [4.69, 9.17) is 4.74 Å². The number of carbonyl (C=O) groups excluding carboxylic acids is 1. The standard InChI is InChI=1S/C16H13NO2S/c18-16(19-11-12-5-2-1-3-6-12)14-7-4-8-15-13(14)9-10-17-20-15/h1-10,17H,11H2. The van der Waals surface area contributed by atoms with Crippen molar-refractivity contribution in [2.45, 2.75) is 11.5 Å². The fourth-order valence-corrected chi connectivity index (χ4v) is 2.70. The summed E-state index contributed by atoms with van der Waals surface area (Å²) < 4.78 is 8.43. The average molecular weight is 283 g/mol. The maximum atomic E-state index is 12.2. The Morgan fingerprint density at radius 1 is 1.10 bits per heavy atom. The highest BCUT2D eigenvalue weighted by molar-refractivity contribution is 7.97. The molecule has 0 spiro atoms. The molecule has 0 aliphatic carbocycles. The van der Waals surface area contributed by atoms with Gasteiger partial charge in [-0.2, -0.15) is 0 Å². The zero-order valence-electron chi connectivity index (χ0n) is 10.7. The Morgan fingerprint density at radius 2 is 1.95 bits per heavy atom. The van der Waals surface area contributed by atoms with Crippen molar-refractivity contribution in [3.8, 4) is 0 Å². The molecule has 0 fully saturated rings. The van der Waals surface area contributed by atoms with Crippen molar-refractivity contribution in [2.24, 2.45) is 0 Å². The Hall–Kier alpha value is -2.20. The van der Waals surface area contributed by atoms with Gasteiger partial charge in [0.05, 0.1) is 5.56 Å². The molecule has 0 amide bonds. The first-order valence-electron chi connectivity index (χ1n) is 6.27. The van der Waals surface area contributed by atoms with Gasteiger partial charge in [-0.3, -0.25) is 0 Å². The van der Waals surface area contributed by atoms with Crippen LogP contribution in [0, 0.1) is 0 Å². The number of esters is 1. The predicted molar refractivity (Wildman–Crippen MR) is 80.0 cm³/mol. The molecule has 1 heterocycles. The smallest absolute Gasteiger partial charge is 0.339 e. The van der Waals surface area contributed by atoms with Crippen LogP contribution in [-0.2, 0) is 11.3 Å². The summed E-state index contributed by atoms with van der Waals surface area (Å²) in [6.07, 6.45) is 3.71. The number of fused-ring (bicyclic) bond motifs is 1. The van der Waals surface area contributed by atoms with Gasteiger partial charge in [-0.1, -0.05) is 36.4 Å². The third kappa shape index (κ3) is 2.70. The number of ether oxygens (including phenoxy) is 1. The molecule has 0 radical (unpaired) electrons. The molecule has 100 valence electrons. The van der Waals surface area contributed by atoms with E-state index in [1.807, 2.05) is 54.7 Å². The average Bonchev–Trinajstić information content (AvgIpc) is 2.53. The number of hydrogen-bond acceptors (Lipinski definition) is 4. The van der Waals surface area contributed by atoms with Crippen molar-refractivity contribution >= 4 is 24.0 Å². The predicted octanol–water partition coefficient (Wildman–Crippen LogP) is 3.62. The summed E-state index contributed by atoms with van der Waals surface area (Å²) in [6.45, 7) is 0.290. The van der Waals surface area contributed by atoms with Crippen molar-refractivity contribution in [1.29, 1.82) is 0 Å². The quantitative estimate of drug-likeness (QED) is 0.689. The minimum Gasteiger partial charge on any atom is -0.457 e. The summed E-state index contributed by atoms with van der Waals surface area (Å²) in [4.78, 5) is 13.2. The first kappa shape index (κ1) is 12.8. The van der Waals surface area contributed by atoms with Gasteiger partial charge in [0, 0.05) is 16.7 Å². The summed E-state index contributed by atoms with van der Waals surface area (Å²) in [6, 6.07) is 15.3. The molecule has 4 heteroatoms. The first-order chi connectivity index (χ1) is 9.84. The molecule has 0 unspecified atom stereocenters. The van der Waals surface area contributed by atoms with Crippen LogP contribution in [0.15, 0.2) is 59.6 Å². The summed E-state index contributed by atoms with van der Waals surface area (Å²) in [7, 11) is 0. The molecule has 0 saturated heterocycles. The number of nitrogens with one attached hydrogen (secondary N) is 1. The number of carbonyl (C=O) groups is 1. The minimum atomic E-state index is -0.294. The van der Waals surface area contributed by atoms with Gasteiger partial charge in [-0.25, -0.2) is 4.79 Å². The van der Waals surface area contributed by atoms with Crippen LogP contribution in [0.5, 0.6) is 0 Å². The Kier molecular flexibility index (Phi) is 3.74. The maximum Gasteiger partial charge on any atom is 0.339 e. The molecule has 1 aliphatic heterocycles. The number of hydrogen-bond donors (Lipinski definition) is 1. The summed E-state index contributed by atoms with van der Waals surface area (Å²) >= 11 is 1.49. The molecule has 0 aromatic heterocycles. The van der Waals surface area contributed by atoms with E-state index in [-0.39, 0.29) is 5.97 Å². The molecule has 2 aromatic rings. The van der Waals surface area contributed by atoms with E-state index in [0.29, 0.717) is 12.2 Å². The first-order valence-corrected chi connectivity index (χ1v) is 7.09. The summed E-state index contributed by atoms with van der Waals surface area (Å²) in [5.74, 6) is -0.294. The molecule has 20 heavy (non-hydrogen) atoms. The molecule has 1 N–H and O–H groups in total. The fourth-order valence-electron chi connectivity index (χ4n) is 2.00. The van der Waals surface area contributed by atoms with Gasteiger partial charge in [0.15, 0.2) is 0 Å². The van der Waals surface area contributed by atoms with Crippen LogP contribution in [-0.4, -0.2) is 5.97 Å². The van der Waals surface area contributed by atoms with E-state index in [9.17, 15) is 4.79 Å². The Bertz CT molecular complexity index is 653. The van der Waals surface area contributed by atoms with Crippen LogP contribution in [0.4, 0.5) is 0 Å². The Morgan fingerprint density at radius 3 is 2.80 bits per heavy atom. The SMILES string of the molecule is O=C(OCc1ccccc1)c1cccc2c1C=CNS2. The van der Waals surface area contributed by atoms with Gasteiger partial charge < -0.3 is 9.46 Å². The highest BCUT2D eigenvalue weighted by atomic mass is 32.2. The summed E-state index contributed by atoms with van der Waals surface area (Å²) in [5, 5.41) is 0. The van der Waals surface area contributed by atoms with Crippen molar-refractivity contribution < 1.29 is 9.53 Å². The second-order valence-electron chi connectivity index (χ2n) is 4.33. The second-order valence-corrected chi connectivity index (χ2v) is 5.21. The van der Waals surface area contributed by atoms with Crippen LogP contribution in [0.1, 0.15) is 21.5 Å². The molecule has 1 aliphatic rings. The maximum absolute atomic E-state index is 12.2. The van der Waals surface area contributed by atoms with E-state index < -0.39 is 0 Å². The van der Waals surface area contributed by atoms with Crippen LogP contribution in [0.2, 0.25) is 0 Å². The third-order valence-corrected chi connectivity index (χ3v) is 3.82. The Balaban J connectivity index is 1.77. The molecular weight excluding hydrogens is 270 g/mol. The number of benzene rings is 2. The van der Waals surface area contributed by atoms with Crippen molar-refractivity contribution in [3.63, 3.8) is 0 Å². The zero-order valence-corrected chi connectivity index (χ0v) is 11.5.